The first-order valence-corrected chi connectivity index (χ1v) is 6.41. The molecule has 0 aliphatic carbocycles. The number of hydrogen-bond acceptors (Lipinski definition) is 4. The normalized spacial score (nSPS) is 11.4. The van der Waals surface area contributed by atoms with Gasteiger partial charge in [0.25, 0.3) is 5.91 Å². The summed E-state index contributed by atoms with van der Waals surface area (Å²) < 4.78 is 0.747. The van der Waals surface area contributed by atoms with E-state index in [1.807, 2.05) is 0 Å². The van der Waals surface area contributed by atoms with Crippen molar-refractivity contribution in [3.63, 3.8) is 0 Å². The topological polar surface area (TPSA) is 116 Å². The van der Waals surface area contributed by atoms with Crippen LogP contribution in [0, 0.1) is 6.92 Å². The summed E-state index contributed by atoms with van der Waals surface area (Å²) in [6.45, 7) is 1.74. The minimum Gasteiger partial charge on any atom is -0.409 e. The fourth-order valence-electron chi connectivity index (χ4n) is 1.66. The highest BCUT2D eigenvalue weighted by molar-refractivity contribution is 9.10. The Morgan fingerprint density at radius 1 is 1.50 bits per heavy atom. The molecule has 0 spiro atoms. The number of nitrogens with two attached hydrogens (primary N) is 1. The Morgan fingerprint density at radius 3 is 2.85 bits per heavy atom. The number of hydrogen-bond donors (Lipinski definition) is 4. The molecule has 0 saturated heterocycles. The number of H-pyrrole nitrogens is 1. The Hall–Kier alpha value is -2.35. The second-order valence-electron chi connectivity index (χ2n) is 4.04. The molecule has 8 heteroatoms. The Bertz CT molecular complexity index is 680. The molecule has 2 aromatic rings. The highest BCUT2D eigenvalue weighted by atomic mass is 79.9. The summed E-state index contributed by atoms with van der Waals surface area (Å²) in [7, 11) is 0. The molecule has 1 amide bonds. The van der Waals surface area contributed by atoms with E-state index in [9.17, 15) is 4.79 Å². The number of carbonyl (C=O) groups excluding carboxylic acids is 1. The van der Waals surface area contributed by atoms with Gasteiger partial charge in [-0.3, -0.25) is 9.89 Å². The molecular formula is C12H12BrN5O2. The highest BCUT2D eigenvalue weighted by Crippen LogP contribution is 2.22. The van der Waals surface area contributed by atoms with Gasteiger partial charge in [0.05, 0.1) is 17.4 Å². The van der Waals surface area contributed by atoms with E-state index in [1.165, 1.54) is 6.20 Å². The van der Waals surface area contributed by atoms with Gasteiger partial charge >= 0.3 is 0 Å². The second-order valence-corrected chi connectivity index (χ2v) is 4.95. The predicted molar refractivity (Wildman–Crippen MR) is 77.9 cm³/mol. The number of amides is 1. The van der Waals surface area contributed by atoms with Crippen molar-refractivity contribution in [2.45, 2.75) is 6.92 Å². The van der Waals surface area contributed by atoms with Crippen LogP contribution in [0.5, 0.6) is 0 Å². The van der Waals surface area contributed by atoms with E-state index in [4.69, 9.17) is 10.9 Å². The van der Waals surface area contributed by atoms with E-state index in [0.717, 1.165) is 4.47 Å². The quantitative estimate of drug-likeness (QED) is 0.296. The van der Waals surface area contributed by atoms with Crippen LogP contribution >= 0.6 is 15.9 Å². The van der Waals surface area contributed by atoms with Gasteiger partial charge in [-0.1, -0.05) is 21.1 Å². The Morgan fingerprint density at radius 2 is 2.25 bits per heavy atom. The zero-order valence-electron chi connectivity index (χ0n) is 10.5. The Balaban J connectivity index is 2.35. The number of rotatable bonds is 3. The van der Waals surface area contributed by atoms with E-state index in [0.29, 0.717) is 22.5 Å². The van der Waals surface area contributed by atoms with Gasteiger partial charge in [0.15, 0.2) is 5.84 Å². The molecule has 5 N–H and O–H groups in total. The lowest BCUT2D eigenvalue weighted by molar-refractivity contribution is 0.102. The van der Waals surface area contributed by atoms with Gasteiger partial charge in [-0.25, -0.2) is 0 Å². The SMILES string of the molecule is Cc1[nH]ncc1C(=O)Nc1ccc(Br)cc1/C(N)=N/O. The summed E-state index contributed by atoms with van der Waals surface area (Å²) in [4.78, 5) is 12.1. The van der Waals surface area contributed by atoms with Crippen LogP contribution in [0.1, 0.15) is 21.6 Å². The van der Waals surface area contributed by atoms with Crippen LogP contribution in [-0.4, -0.2) is 27.1 Å². The largest absolute Gasteiger partial charge is 0.409 e. The smallest absolute Gasteiger partial charge is 0.259 e. The van der Waals surface area contributed by atoms with E-state index < -0.39 is 0 Å². The number of aromatic nitrogens is 2. The minimum absolute atomic E-state index is 0.0921. The molecular weight excluding hydrogens is 326 g/mol. The summed E-state index contributed by atoms with van der Waals surface area (Å²) >= 11 is 3.29. The molecule has 0 aliphatic rings. The van der Waals surface area contributed by atoms with Crippen LogP contribution in [-0.2, 0) is 0 Å². The predicted octanol–water partition coefficient (Wildman–Crippen LogP) is 1.83. The van der Waals surface area contributed by atoms with Gasteiger partial charge in [-0.05, 0) is 25.1 Å². The number of aromatic amines is 1. The molecule has 1 aromatic heterocycles. The Kier molecular flexibility index (Phi) is 4.04. The molecule has 0 saturated carbocycles. The summed E-state index contributed by atoms with van der Waals surface area (Å²) in [5, 5.41) is 20.9. The third-order valence-electron chi connectivity index (χ3n) is 2.69. The first kappa shape index (κ1) is 14.1. The van der Waals surface area contributed by atoms with Crippen LogP contribution < -0.4 is 11.1 Å². The number of carbonyl (C=O) groups is 1. The molecule has 0 radical (unpaired) electrons. The van der Waals surface area contributed by atoms with E-state index in [2.05, 4.69) is 36.6 Å². The summed E-state index contributed by atoms with van der Waals surface area (Å²) in [5.74, 6) is -0.420. The number of nitrogens with zero attached hydrogens (tertiary/aromatic N) is 2. The maximum absolute atomic E-state index is 12.1. The lowest BCUT2D eigenvalue weighted by atomic mass is 10.1. The fourth-order valence-corrected chi connectivity index (χ4v) is 2.02. The van der Waals surface area contributed by atoms with Crippen molar-refractivity contribution in [1.29, 1.82) is 0 Å². The number of halogens is 1. The molecule has 0 atom stereocenters. The summed E-state index contributed by atoms with van der Waals surface area (Å²) in [5.41, 5.74) is 7.54. The fraction of sp³-hybridized carbons (Fsp3) is 0.0833. The van der Waals surface area contributed by atoms with Crippen LogP contribution in [0.3, 0.4) is 0 Å². The zero-order chi connectivity index (χ0) is 14.7. The summed E-state index contributed by atoms with van der Waals surface area (Å²) in [6.07, 6.45) is 1.44. The minimum atomic E-state index is -0.328. The first-order chi connectivity index (χ1) is 9.52. The second kappa shape index (κ2) is 5.74. The molecule has 0 unspecified atom stereocenters. The van der Waals surface area contributed by atoms with Crippen molar-refractivity contribution in [3.8, 4) is 0 Å². The maximum Gasteiger partial charge on any atom is 0.259 e. The molecule has 104 valence electrons. The van der Waals surface area contributed by atoms with Gasteiger partial charge in [0.2, 0.25) is 0 Å². The van der Waals surface area contributed by atoms with E-state index in [-0.39, 0.29) is 11.7 Å². The molecule has 1 aromatic carbocycles. The molecule has 0 aliphatic heterocycles. The van der Waals surface area contributed by atoms with Crippen LogP contribution in [0.15, 0.2) is 34.0 Å². The van der Waals surface area contributed by atoms with Gasteiger partial charge < -0.3 is 16.3 Å². The molecule has 0 bridgehead atoms. The summed E-state index contributed by atoms with van der Waals surface area (Å²) in [6, 6.07) is 5.05. The lowest BCUT2D eigenvalue weighted by Crippen LogP contribution is -2.19. The third-order valence-corrected chi connectivity index (χ3v) is 3.18. The van der Waals surface area contributed by atoms with Crippen LogP contribution in [0.2, 0.25) is 0 Å². The van der Waals surface area contributed by atoms with Gasteiger partial charge in [-0.15, -0.1) is 0 Å². The first-order valence-electron chi connectivity index (χ1n) is 5.61. The average molecular weight is 338 g/mol. The van der Waals surface area contributed by atoms with Gasteiger partial charge in [0.1, 0.15) is 0 Å². The number of nitrogens with one attached hydrogen (secondary N) is 2. The number of oxime groups is 1. The van der Waals surface area contributed by atoms with Crippen molar-refractivity contribution in [1.82, 2.24) is 10.2 Å². The zero-order valence-corrected chi connectivity index (χ0v) is 12.1. The van der Waals surface area contributed by atoms with E-state index >= 15 is 0 Å². The Labute approximate surface area is 123 Å². The van der Waals surface area contributed by atoms with Crippen molar-refractivity contribution in [2.24, 2.45) is 10.9 Å². The van der Waals surface area contributed by atoms with Crippen molar-refractivity contribution in [2.75, 3.05) is 5.32 Å². The average Bonchev–Trinajstić information content (AvgIpc) is 2.86. The van der Waals surface area contributed by atoms with Crippen LogP contribution in [0.4, 0.5) is 5.69 Å². The molecule has 1 heterocycles. The third kappa shape index (κ3) is 2.80. The van der Waals surface area contributed by atoms with Gasteiger partial charge in [-0.2, -0.15) is 5.10 Å². The highest BCUT2D eigenvalue weighted by Gasteiger charge is 2.14. The number of anilines is 1. The lowest BCUT2D eigenvalue weighted by Gasteiger charge is -2.10. The number of aryl methyl sites for hydroxylation is 1. The molecule has 0 fully saturated rings. The van der Waals surface area contributed by atoms with Crippen molar-refractivity contribution < 1.29 is 10.0 Å². The number of amidine groups is 1. The van der Waals surface area contributed by atoms with Gasteiger partial charge in [0, 0.05) is 15.7 Å². The molecule has 7 nitrogen and oxygen atoms in total. The maximum atomic E-state index is 12.1. The van der Waals surface area contributed by atoms with E-state index in [1.54, 1.807) is 25.1 Å². The number of benzene rings is 1. The monoisotopic (exact) mass is 337 g/mol. The van der Waals surface area contributed by atoms with Crippen LogP contribution in [0.25, 0.3) is 0 Å². The molecule has 2 rings (SSSR count). The van der Waals surface area contributed by atoms with Crippen molar-refractivity contribution in [3.05, 3.63) is 45.7 Å². The van der Waals surface area contributed by atoms with Crippen molar-refractivity contribution >= 4 is 33.4 Å². The standard InChI is InChI=1S/C12H12BrN5O2/c1-6-9(5-15-17-6)12(19)16-10-3-2-7(13)4-8(10)11(14)18-20/h2-5,20H,1H3,(H2,14,18)(H,15,17)(H,16,19). The molecule has 20 heavy (non-hydrogen) atoms.